The Labute approximate surface area is 127 Å². The van der Waals surface area contributed by atoms with Gasteiger partial charge in [-0.05, 0) is 38.3 Å². The van der Waals surface area contributed by atoms with Crippen molar-refractivity contribution in [2.75, 3.05) is 26.2 Å². The molecule has 4 nitrogen and oxygen atoms in total. The van der Waals surface area contributed by atoms with Gasteiger partial charge >= 0.3 is 0 Å². The van der Waals surface area contributed by atoms with Gasteiger partial charge in [0.05, 0.1) is 6.54 Å². The maximum atomic E-state index is 9.39. The Kier molecular flexibility index (Phi) is 4.99. The molecule has 1 aromatic heterocycles. The lowest BCUT2D eigenvalue weighted by Gasteiger charge is -2.44. The van der Waals surface area contributed by atoms with Gasteiger partial charge < -0.3 is 9.52 Å². The van der Waals surface area contributed by atoms with Crippen LogP contribution in [-0.4, -0.2) is 53.2 Å². The molecule has 1 aromatic rings. The second kappa shape index (κ2) is 6.95. The first-order valence-electron chi connectivity index (χ1n) is 8.40. The monoisotopic (exact) mass is 292 g/mol. The standard InChI is InChI=1S/C17H28N2O2/c1-14-6-7-17(21-14)13-18-9-10-19(15-4-2-3-5-15)16(12-18)8-11-20/h6-7,15-16,20H,2-5,8-13H2,1H3/t16-/m0/s1. The van der Waals surface area contributed by atoms with Crippen LogP contribution in [0.25, 0.3) is 0 Å². The molecule has 0 bridgehead atoms. The summed E-state index contributed by atoms with van der Waals surface area (Å²) in [6.07, 6.45) is 6.34. The highest BCUT2D eigenvalue weighted by atomic mass is 16.3. The van der Waals surface area contributed by atoms with Crippen molar-refractivity contribution >= 4 is 0 Å². The fourth-order valence-corrected chi connectivity index (χ4v) is 3.99. The SMILES string of the molecule is Cc1ccc(CN2CCN(C3CCCC3)[C@@H](CCO)C2)o1. The lowest BCUT2D eigenvalue weighted by atomic mass is 10.0. The zero-order valence-corrected chi connectivity index (χ0v) is 13.1. The molecule has 1 aliphatic carbocycles. The van der Waals surface area contributed by atoms with Crippen LogP contribution in [0.4, 0.5) is 0 Å². The van der Waals surface area contributed by atoms with Gasteiger partial charge in [0.25, 0.3) is 0 Å². The van der Waals surface area contributed by atoms with E-state index < -0.39 is 0 Å². The maximum absolute atomic E-state index is 9.39. The van der Waals surface area contributed by atoms with Crippen LogP contribution in [0.2, 0.25) is 0 Å². The normalized spacial score (nSPS) is 25.7. The third-order valence-electron chi connectivity index (χ3n) is 5.04. The summed E-state index contributed by atoms with van der Waals surface area (Å²) >= 11 is 0. The predicted octanol–water partition coefficient (Wildman–Crippen LogP) is 2.40. The maximum Gasteiger partial charge on any atom is 0.118 e. The molecule has 1 saturated carbocycles. The number of rotatable bonds is 5. The summed E-state index contributed by atoms with van der Waals surface area (Å²) in [5, 5.41) is 9.39. The minimum absolute atomic E-state index is 0.293. The molecule has 0 spiro atoms. The van der Waals surface area contributed by atoms with Crippen molar-refractivity contribution in [3.63, 3.8) is 0 Å². The smallest absolute Gasteiger partial charge is 0.118 e. The highest BCUT2D eigenvalue weighted by Gasteiger charge is 2.33. The number of piperazine rings is 1. The lowest BCUT2D eigenvalue weighted by molar-refractivity contribution is 0.0242. The van der Waals surface area contributed by atoms with Crippen LogP contribution in [0.15, 0.2) is 16.5 Å². The molecule has 1 N–H and O–H groups in total. The Morgan fingerprint density at radius 2 is 2.05 bits per heavy atom. The highest BCUT2D eigenvalue weighted by molar-refractivity contribution is 5.05. The topological polar surface area (TPSA) is 39.9 Å². The number of furan rings is 1. The molecule has 1 saturated heterocycles. The molecule has 3 rings (SSSR count). The molecule has 2 aliphatic rings. The van der Waals surface area contributed by atoms with E-state index in [1.807, 2.05) is 13.0 Å². The molecular weight excluding hydrogens is 264 g/mol. The summed E-state index contributed by atoms with van der Waals surface area (Å²) in [6, 6.07) is 5.38. The largest absolute Gasteiger partial charge is 0.465 e. The number of hydrogen-bond donors (Lipinski definition) is 1. The third-order valence-corrected chi connectivity index (χ3v) is 5.04. The predicted molar refractivity (Wildman–Crippen MR) is 83.2 cm³/mol. The van der Waals surface area contributed by atoms with Crippen LogP contribution in [0.1, 0.15) is 43.6 Å². The van der Waals surface area contributed by atoms with Crippen molar-refractivity contribution in [1.82, 2.24) is 9.80 Å². The average Bonchev–Trinajstić information content (AvgIpc) is 3.12. The van der Waals surface area contributed by atoms with Crippen molar-refractivity contribution in [3.05, 3.63) is 23.7 Å². The lowest BCUT2D eigenvalue weighted by Crippen LogP contribution is -2.55. The zero-order valence-electron chi connectivity index (χ0n) is 13.1. The van der Waals surface area contributed by atoms with Gasteiger partial charge in [0.15, 0.2) is 0 Å². The van der Waals surface area contributed by atoms with Gasteiger partial charge in [-0.3, -0.25) is 9.80 Å². The van der Waals surface area contributed by atoms with Crippen LogP contribution >= 0.6 is 0 Å². The number of hydrogen-bond acceptors (Lipinski definition) is 4. The molecule has 0 unspecified atom stereocenters. The second-order valence-corrected chi connectivity index (χ2v) is 6.59. The van der Waals surface area contributed by atoms with Gasteiger partial charge in [-0.2, -0.15) is 0 Å². The Balaban J connectivity index is 1.60. The Morgan fingerprint density at radius 3 is 2.71 bits per heavy atom. The quantitative estimate of drug-likeness (QED) is 0.904. The van der Waals surface area contributed by atoms with E-state index in [2.05, 4.69) is 15.9 Å². The van der Waals surface area contributed by atoms with E-state index in [0.717, 1.165) is 50.2 Å². The number of aliphatic hydroxyl groups is 1. The second-order valence-electron chi connectivity index (χ2n) is 6.59. The molecule has 0 amide bonds. The van der Waals surface area contributed by atoms with Crippen LogP contribution in [0.5, 0.6) is 0 Å². The first-order chi connectivity index (χ1) is 10.3. The third kappa shape index (κ3) is 3.68. The fourth-order valence-electron chi connectivity index (χ4n) is 3.99. The fraction of sp³-hybridized carbons (Fsp3) is 0.765. The molecule has 21 heavy (non-hydrogen) atoms. The van der Waals surface area contributed by atoms with Gasteiger partial charge in [-0.25, -0.2) is 0 Å². The van der Waals surface area contributed by atoms with Gasteiger partial charge in [-0.15, -0.1) is 0 Å². The molecule has 4 heteroatoms. The van der Waals surface area contributed by atoms with E-state index in [4.69, 9.17) is 4.42 Å². The van der Waals surface area contributed by atoms with Gasteiger partial charge in [0.2, 0.25) is 0 Å². The van der Waals surface area contributed by atoms with Crippen molar-refractivity contribution in [1.29, 1.82) is 0 Å². The van der Waals surface area contributed by atoms with E-state index in [-0.39, 0.29) is 0 Å². The number of nitrogens with zero attached hydrogens (tertiary/aromatic N) is 2. The molecular formula is C17H28N2O2. The van der Waals surface area contributed by atoms with Crippen LogP contribution in [0.3, 0.4) is 0 Å². The Morgan fingerprint density at radius 1 is 1.24 bits per heavy atom. The van der Waals surface area contributed by atoms with Crippen molar-refractivity contribution in [2.24, 2.45) is 0 Å². The molecule has 1 atom stereocenters. The van der Waals surface area contributed by atoms with Crippen LogP contribution < -0.4 is 0 Å². The molecule has 0 radical (unpaired) electrons. The summed E-state index contributed by atoms with van der Waals surface area (Å²) in [4.78, 5) is 5.15. The van der Waals surface area contributed by atoms with Gasteiger partial charge in [-0.1, -0.05) is 12.8 Å². The number of aliphatic hydroxyl groups excluding tert-OH is 1. The minimum atomic E-state index is 0.293. The minimum Gasteiger partial charge on any atom is -0.465 e. The summed E-state index contributed by atoms with van der Waals surface area (Å²) in [7, 11) is 0. The molecule has 2 fully saturated rings. The summed E-state index contributed by atoms with van der Waals surface area (Å²) in [5.74, 6) is 2.05. The molecule has 118 valence electrons. The zero-order chi connectivity index (χ0) is 14.7. The van der Waals surface area contributed by atoms with E-state index in [0.29, 0.717) is 12.6 Å². The average molecular weight is 292 g/mol. The van der Waals surface area contributed by atoms with Gasteiger partial charge in [0.1, 0.15) is 11.5 Å². The first kappa shape index (κ1) is 15.1. The van der Waals surface area contributed by atoms with Crippen LogP contribution in [0, 0.1) is 6.92 Å². The van der Waals surface area contributed by atoms with Crippen molar-refractivity contribution in [3.8, 4) is 0 Å². The molecule has 1 aliphatic heterocycles. The van der Waals surface area contributed by atoms with Crippen molar-refractivity contribution < 1.29 is 9.52 Å². The molecule has 2 heterocycles. The van der Waals surface area contributed by atoms with Gasteiger partial charge in [0, 0.05) is 38.3 Å². The van der Waals surface area contributed by atoms with Crippen molar-refractivity contribution in [2.45, 2.75) is 57.7 Å². The first-order valence-corrected chi connectivity index (χ1v) is 8.40. The summed E-state index contributed by atoms with van der Waals surface area (Å²) < 4.78 is 5.70. The van der Waals surface area contributed by atoms with E-state index in [1.54, 1.807) is 0 Å². The molecule has 0 aromatic carbocycles. The van der Waals surface area contributed by atoms with E-state index in [9.17, 15) is 5.11 Å². The summed E-state index contributed by atoms with van der Waals surface area (Å²) in [6.45, 7) is 6.48. The highest BCUT2D eigenvalue weighted by Crippen LogP contribution is 2.28. The summed E-state index contributed by atoms with van der Waals surface area (Å²) in [5.41, 5.74) is 0. The number of aryl methyl sites for hydroxylation is 1. The van der Waals surface area contributed by atoms with Crippen LogP contribution in [-0.2, 0) is 6.54 Å². The Hall–Kier alpha value is -0.840. The van der Waals surface area contributed by atoms with E-state index in [1.165, 1.54) is 25.7 Å². The Bertz CT molecular complexity index is 440. The van der Waals surface area contributed by atoms with E-state index >= 15 is 0 Å².